The third-order valence-corrected chi connectivity index (χ3v) is 2.51. The summed E-state index contributed by atoms with van der Waals surface area (Å²) in [5.41, 5.74) is 0.469. The van der Waals surface area contributed by atoms with Crippen molar-refractivity contribution in [3.8, 4) is 6.07 Å². The zero-order valence-corrected chi connectivity index (χ0v) is 11.0. The summed E-state index contributed by atoms with van der Waals surface area (Å²) in [7, 11) is 3.77. The third kappa shape index (κ3) is 3.74. The lowest BCUT2D eigenvalue weighted by molar-refractivity contribution is 0.0943. The van der Waals surface area contributed by atoms with Gasteiger partial charge in [0.15, 0.2) is 0 Å². The number of carbonyl (C=O) groups excluding carboxylic acids is 1. The summed E-state index contributed by atoms with van der Waals surface area (Å²) >= 11 is 0. The van der Waals surface area contributed by atoms with Gasteiger partial charge < -0.3 is 10.2 Å². The minimum atomic E-state index is -0.434. The zero-order chi connectivity index (χ0) is 13.5. The van der Waals surface area contributed by atoms with Crippen molar-refractivity contribution < 1.29 is 4.79 Å². The Hall–Kier alpha value is -2.09. The highest BCUT2D eigenvalue weighted by atomic mass is 16.1. The van der Waals surface area contributed by atoms with Gasteiger partial charge in [-0.15, -0.1) is 0 Å². The fraction of sp³-hybridized carbons (Fsp3) is 0.462. The Morgan fingerprint density at radius 3 is 2.72 bits per heavy atom. The standard InChI is InChI=1S/C13H18N4O/c1-4-5-11(8-14)16-13(18)10-6-7-12(15-9-10)17(2)3/h6-7,9,11H,4-5H2,1-3H3,(H,16,18). The molecule has 5 heteroatoms. The summed E-state index contributed by atoms with van der Waals surface area (Å²) in [5.74, 6) is 0.532. The van der Waals surface area contributed by atoms with E-state index in [9.17, 15) is 4.79 Å². The maximum Gasteiger partial charge on any atom is 0.253 e. The van der Waals surface area contributed by atoms with Gasteiger partial charge >= 0.3 is 0 Å². The van der Waals surface area contributed by atoms with Crippen LogP contribution in [0.3, 0.4) is 0 Å². The van der Waals surface area contributed by atoms with E-state index in [0.717, 1.165) is 12.2 Å². The highest BCUT2D eigenvalue weighted by Crippen LogP contribution is 2.08. The fourth-order valence-electron chi connectivity index (χ4n) is 1.48. The summed E-state index contributed by atoms with van der Waals surface area (Å²) in [6, 6.07) is 5.12. The molecule has 1 heterocycles. The maximum atomic E-state index is 11.9. The SMILES string of the molecule is CCCC(C#N)NC(=O)c1ccc(N(C)C)nc1. The van der Waals surface area contributed by atoms with Crippen LogP contribution in [-0.2, 0) is 0 Å². The number of pyridine rings is 1. The molecule has 0 aromatic carbocycles. The minimum Gasteiger partial charge on any atom is -0.363 e. The van der Waals surface area contributed by atoms with Crippen molar-refractivity contribution >= 4 is 11.7 Å². The van der Waals surface area contributed by atoms with Gasteiger partial charge in [-0.1, -0.05) is 13.3 Å². The van der Waals surface area contributed by atoms with Gasteiger partial charge in [0.05, 0.1) is 11.6 Å². The van der Waals surface area contributed by atoms with Crippen LogP contribution in [0.1, 0.15) is 30.1 Å². The summed E-state index contributed by atoms with van der Waals surface area (Å²) in [5, 5.41) is 11.6. The summed E-state index contributed by atoms with van der Waals surface area (Å²) in [6.07, 6.45) is 3.03. The Balaban J connectivity index is 2.70. The van der Waals surface area contributed by atoms with Crippen molar-refractivity contribution in [1.82, 2.24) is 10.3 Å². The molecule has 0 aliphatic carbocycles. The van der Waals surface area contributed by atoms with Crippen molar-refractivity contribution in [2.45, 2.75) is 25.8 Å². The highest BCUT2D eigenvalue weighted by molar-refractivity contribution is 5.94. The first kappa shape index (κ1) is 14.0. The van der Waals surface area contributed by atoms with Crippen molar-refractivity contribution in [3.05, 3.63) is 23.9 Å². The molecule has 18 heavy (non-hydrogen) atoms. The molecule has 1 aromatic rings. The second kappa shape index (κ2) is 6.60. The number of nitrogens with one attached hydrogen (secondary N) is 1. The number of rotatable bonds is 5. The predicted molar refractivity (Wildman–Crippen MR) is 70.3 cm³/mol. The lowest BCUT2D eigenvalue weighted by Crippen LogP contribution is -2.33. The van der Waals surface area contributed by atoms with Crippen LogP contribution < -0.4 is 10.2 Å². The molecule has 1 amide bonds. The highest BCUT2D eigenvalue weighted by Gasteiger charge is 2.12. The van der Waals surface area contributed by atoms with Crippen LogP contribution in [-0.4, -0.2) is 31.0 Å². The molecule has 1 rings (SSSR count). The largest absolute Gasteiger partial charge is 0.363 e. The fourth-order valence-corrected chi connectivity index (χ4v) is 1.48. The van der Waals surface area contributed by atoms with Crippen molar-refractivity contribution in [2.24, 2.45) is 0 Å². The molecular weight excluding hydrogens is 228 g/mol. The van der Waals surface area contributed by atoms with E-state index >= 15 is 0 Å². The van der Waals surface area contributed by atoms with Crippen LogP contribution >= 0.6 is 0 Å². The van der Waals surface area contributed by atoms with E-state index in [1.807, 2.05) is 25.9 Å². The molecule has 1 N–H and O–H groups in total. The molecule has 0 bridgehead atoms. The number of nitrogens with zero attached hydrogens (tertiary/aromatic N) is 3. The number of anilines is 1. The van der Waals surface area contributed by atoms with Gasteiger partial charge in [-0.2, -0.15) is 5.26 Å². The third-order valence-electron chi connectivity index (χ3n) is 2.51. The van der Waals surface area contributed by atoms with Crippen molar-refractivity contribution in [2.75, 3.05) is 19.0 Å². The van der Waals surface area contributed by atoms with Crippen molar-refractivity contribution in [1.29, 1.82) is 5.26 Å². The van der Waals surface area contributed by atoms with E-state index in [2.05, 4.69) is 16.4 Å². The zero-order valence-electron chi connectivity index (χ0n) is 11.0. The molecule has 0 spiro atoms. The van der Waals surface area contributed by atoms with Gasteiger partial charge in [0, 0.05) is 20.3 Å². The first-order valence-electron chi connectivity index (χ1n) is 5.92. The molecule has 0 aliphatic heterocycles. The van der Waals surface area contributed by atoms with E-state index in [1.54, 1.807) is 12.1 Å². The van der Waals surface area contributed by atoms with E-state index in [0.29, 0.717) is 12.0 Å². The van der Waals surface area contributed by atoms with E-state index in [-0.39, 0.29) is 5.91 Å². The second-order valence-corrected chi connectivity index (χ2v) is 4.24. The van der Waals surface area contributed by atoms with Crippen LogP contribution in [0.2, 0.25) is 0 Å². The molecule has 1 atom stereocenters. The lowest BCUT2D eigenvalue weighted by Gasteiger charge is -2.12. The predicted octanol–water partition coefficient (Wildman–Crippen LogP) is 1.57. The average Bonchev–Trinajstić information content (AvgIpc) is 2.38. The molecule has 0 saturated carbocycles. The topological polar surface area (TPSA) is 69.0 Å². The number of hydrogen-bond acceptors (Lipinski definition) is 4. The second-order valence-electron chi connectivity index (χ2n) is 4.24. The summed E-state index contributed by atoms with van der Waals surface area (Å²) in [4.78, 5) is 17.9. The molecule has 1 aromatic heterocycles. The van der Waals surface area contributed by atoms with Gasteiger partial charge in [-0.25, -0.2) is 4.98 Å². The smallest absolute Gasteiger partial charge is 0.253 e. The Morgan fingerprint density at radius 2 is 2.28 bits per heavy atom. The first-order valence-corrected chi connectivity index (χ1v) is 5.92. The van der Waals surface area contributed by atoms with E-state index in [4.69, 9.17) is 5.26 Å². The van der Waals surface area contributed by atoms with Crippen LogP contribution in [0.5, 0.6) is 0 Å². The van der Waals surface area contributed by atoms with Gasteiger partial charge in [-0.05, 0) is 18.6 Å². The molecule has 96 valence electrons. The lowest BCUT2D eigenvalue weighted by atomic mass is 10.1. The molecule has 5 nitrogen and oxygen atoms in total. The number of nitriles is 1. The summed E-state index contributed by atoms with van der Waals surface area (Å²) in [6.45, 7) is 1.98. The molecule has 1 unspecified atom stereocenters. The van der Waals surface area contributed by atoms with Gasteiger partial charge in [0.1, 0.15) is 11.9 Å². The molecule has 0 radical (unpaired) electrons. The van der Waals surface area contributed by atoms with E-state index < -0.39 is 6.04 Å². The van der Waals surface area contributed by atoms with Crippen LogP contribution in [0.4, 0.5) is 5.82 Å². The number of carbonyl (C=O) groups is 1. The molecule has 0 saturated heterocycles. The van der Waals surface area contributed by atoms with Crippen LogP contribution in [0.15, 0.2) is 18.3 Å². The Labute approximate surface area is 107 Å². The molecule has 0 aliphatic rings. The molecular formula is C13H18N4O. The molecule has 0 fully saturated rings. The maximum absolute atomic E-state index is 11.9. The minimum absolute atomic E-state index is 0.257. The Kier molecular flexibility index (Phi) is 5.12. The van der Waals surface area contributed by atoms with Crippen LogP contribution in [0.25, 0.3) is 0 Å². The van der Waals surface area contributed by atoms with Crippen molar-refractivity contribution in [3.63, 3.8) is 0 Å². The quantitative estimate of drug-likeness (QED) is 0.856. The van der Waals surface area contributed by atoms with Gasteiger partial charge in [-0.3, -0.25) is 4.79 Å². The number of aromatic nitrogens is 1. The normalized spacial score (nSPS) is 11.4. The number of amides is 1. The van der Waals surface area contributed by atoms with E-state index in [1.165, 1.54) is 6.20 Å². The summed E-state index contributed by atoms with van der Waals surface area (Å²) < 4.78 is 0. The Morgan fingerprint density at radius 1 is 1.56 bits per heavy atom. The average molecular weight is 246 g/mol. The van der Waals surface area contributed by atoms with Crippen LogP contribution in [0, 0.1) is 11.3 Å². The first-order chi connectivity index (χ1) is 8.58. The van der Waals surface area contributed by atoms with Gasteiger partial charge in [0.25, 0.3) is 5.91 Å². The Bertz CT molecular complexity index is 433. The van der Waals surface area contributed by atoms with Gasteiger partial charge in [0.2, 0.25) is 0 Å². The number of hydrogen-bond donors (Lipinski definition) is 1. The monoisotopic (exact) mass is 246 g/mol.